The highest BCUT2D eigenvalue weighted by Crippen LogP contribution is 2.52. The highest BCUT2D eigenvalue weighted by molar-refractivity contribution is 6.63. The van der Waals surface area contributed by atoms with Crippen molar-refractivity contribution < 1.29 is 23.4 Å². The molecule has 2 aliphatic carbocycles. The van der Waals surface area contributed by atoms with Gasteiger partial charge in [-0.1, -0.05) is 50.5 Å². The zero-order valence-electron chi connectivity index (χ0n) is 27.9. The van der Waals surface area contributed by atoms with Gasteiger partial charge in [-0.15, -0.1) is 0 Å². The normalized spacial score (nSPS) is 27.3. The minimum absolute atomic E-state index is 0.0622. The van der Waals surface area contributed by atoms with Gasteiger partial charge in [0.25, 0.3) is 0 Å². The minimum Gasteiger partial charge on any atom is -0.399 e. The molecule has 0 aromatic heterocycles. The Bertz CT molecular complexity index is 1410. The first-order valence-electron chi connectivity index (χ1n) is 16.8. The van der Waals surface area contributed by atoms with Crippen LogP contribution < -0.4 is 10.9 Å². The summed E-state index contributed by atoms with van der Waals surface area (Å²) < 4.78 is 33.0. The Morgan fingerprint density at radius 3 is 1.70 bits per heavy atom. The van der Waals surface area contributed by atoms with Gasteiger partial charge in [-0.2, -0.15) is 0 Å². The monoisotopic (exact) mass is 584 g/mol. The number of fused-ring (bicyclic) bond motifs is 2. The Kier molecular flexibility index (Phi) is 6.94. The summed E-state index contributed by atoms with van der Waals surface area (Å²) in [5.74, 6) is 0. The molecule has 3 aliphatic heterocycles. The molecule has 1 spiro atoms. The van der Waals surface area contributed by atoms with Crippen LogP contribution in [0.1, 0.15) is 129 Å². The Morgan fingerprint density at radius 2 is 1.14 bits per heavy atom. The molecule has 5 nitrogen and oxygen atoms in total. The fourth-order valence-electron chi connectivity index (χ4n) is 8.26. The number of hydrogen-bond acceptors (Lipinski definition) is 5. The van der Waals surface area contributed by atoms with Gasteiger partial charge in [0.05, 0.1) is 35.1 Å². The van der Waals surface area contributed by atoms with E-state index in [1.54, 1.807) is 0 Å². The van der Waals surface area contributed by atoms with Gasteiger partial charge < -0.3 is 23.4 Å². The SMILES string of the molecule is CCCC1OCc2c(-c3ccc(B4OC(C)(C)C(C)(C)O4)c4c3CC3(CCCC3)C4)ccc(B3OC(C)(C)C(C)(C)O3)c21. The van der Waals surface area contributed by atoms with Crippen LogP contribution in [0.3, 0.4) is 0 Å². The van der Waals surface area contributed by atoms with E-state index in [1.807, 2.05) is 0 Å². The van der Waals surface area contributed by atoms with Gasteiger partial charge in [-0.05, 0) is 137 Å². The second-order valence-electron chi connectivity index (χ2n) is 16.1. The van der Waals surface area contributed by atoms with E-state index in [0.717, 1.165) is 31.1 Å². The van der Waals surface area contributed by atoms with E-state index < -0.39 is 7.12 Å². The van der Waals surface area contributed by atoms with Crippen molar-refractivity contribution in [3.63, 3.8) is 0 Å². The van der Waals surface area contributed by atoms with Crippen LogP contribution in [0.15, 0.2) is 24.3 Å². The summed E-state index contributed by atoms with van der Waals surface area (Å²) in [6, 6.07) is 9.24. The maximum Gasteiger partial charge on any atom is 0.495 e. The third kappa shape index (κ3) is 4.62. The van der Waals surface area contributed by atoms with E-state index in [2.05, 4.69) is 86.6 Å². The summed E-state index contributed by atoms with van der Waals surface area (Å²) >= 11 is 0. The molecule has 3 fully saturated rings. The minimum atomic E-state index is -0.396. The fraction of sp³-hybridized carbons (Fsp3) is 0.667. The Morgan fingerprint density at radius 1 is 0.651 bits per heavy atom. The van der Waals surface area contributed by atoms with Crippen LogP contribution in [0.4, 0.5) is 0 Å². The highest BCUT2D eigenvalue weighted by Gasteiger charge is 2.55. The quantitative estimate of drug-likeness (QED) is 0.355. The lowest BCUT2D eigenvalue weighted by atomic mass is 9.71. The topological polar surface area (TPSA) is 46.2 Å². The first-order chi connectivity index (χ1) is 20.2. The highest BCUT2D eigenvalue weighted by atomic mass is 16.7. The van der Waals surface area contributed by atoms with Crippen molar-refractivity contribution in [1.82, 2.24) is 0 Å². The number of benzene rings is 2. The molecule has 1 atom stereocenters. The van der Waals surface area contributed by atoms with Crippen LogP contribution in [-0.4, -0.2) is 36.6 Å². The van der Waals surface area contributed by atoms with Crippen LogP contribution in [0, 0.1) is 5.41 Å². The van der Waals surface area contributed by atoms with Gasteiger partial charge in [0, 0.05) is 0 Å². The van der Waals surface area contributed by atoms with Gasteiger partial charge in [0.1, 0.15) is 0 Å². The van der Waals surface area contributed by atoms with E-state index in [1.165, 1.54) is 64.5 Å². The molecular weight excluding hydrogens is 534 g/mol. The lowest BCUT2D eigenvalue weighted by molar-refractivity contribution is 0.00578. The summed E-state index contributed by atoms with van der Waals surface area (Å²) in [6.07, 6.45) is 9.67. The largest absolute Gasteiger partial charge is 0.495 e. The third-order valence-electron chi connectivity index (χ3n) is 12.2. The van der Waals surface area contributed by atoms with E-state index in [-0.39, 0.29) is 35.6 Å². The van der Waals surface area contributed by atoms with Gasteiger partial charge in [0.2, 0.25) is 0 Å². The Balaban J connectivity index is 1.35. The first kappa shape index (κ1) is 30.0. The van der Waals surface area contributed by atoms with Crippen molar-refractivity contribution in [2.45, 2.75) is 149 Å². The molecule has 0 bridgehead atoms. The maximum absolute atomic E-state index is 6.62. The summed E-state index contributed by atoms with van der Waals surface area (Å²) in [5, 5.41) is 0. The predicted molar refractivity (Wildman–Crippen MR) is 174 cm³/mol. The van der Waals surface area contributed by atoms with Gasteiger partial charge in [-0.3, -0.25) is 0 Å². The van der Waals surface area contributed by atoms with Gasteiger partial charge in [0.15, 0.2) is 0 Å². The van der Waals surface area contributed by atoms with Crippen molar-refractivity contribution in [3.05, 3.63) is 46.5 Å². The van der Waals surface area contributed by atoms with Gasteiger partial charge in [-0.25, -0.2) is 0 Å². The third-order valence-corrected chi connectivity index (χ3v) is 12.2. The molecular formula is C36H50B2O5. The predicted octanol–water partition coefficient (Wildman–Crippen LogP) is 6.98. The average Bonchev–Trinajstić information content (AvgIpc) is 3.71. The number of rotatable bonds is 5. The zero-order chi connectivity index (χ0) is 30.6. The van der Waals surface area contributed by atoms with E-state index in [9.17, 15) is 0 Å². The molecule has 0 radical (unpaired) electrons. The van der Waals surface area contributed by atoms with Crippen molar-refractivity contribution in [1.29, 1.82) is 0 Å². The van der Waals surface area contributed by atoms with Crippen LogP contribution in [0.25, 0.3) is 11.1 Å². The second-order valence-corrected chi connectivity index (χ2v) is 16.1. The molecule has 1 unspecified atom stereocenters. The van der Waals surface area contributed by atoms with Crippen molar-refractivity contribution >= 4 is 25.2 Å². The Hall–Kier alpha value is -1.63. The molecule has 230 valence electrons. The van der Waals surface area contributed by atoms with Crippen molar-refractivity contribution in [2.75, 3.05) is 0 Å². The second kappa shape index (κ2) is 9.93. The zero-order valence-corrected chi connectivity index (χ0v) is 27.9. The molecule has 0 N–H and O–H groups in total. The van der Waals surface area contributed by atoms with Crippen LogP contribution in [-0.2, 0) is 42.8 Å². The molecule has 3 heterocycles. The van der Waals surface area contributed by atoms with E-state index >= 15 is 0 Å². The molecule has 2 aromatic carbocycles. The Labute approximate surface area is 260 Å². The van der Waals surface area contributed by atoms with Crippen LogP contribution in [0.5, 0.6) is 0 Å². The summed E-state index contributed by atoms with van der Waals surface area (Å²) in [4.78, 5) is 0. The molecule has 7 heteroatoms. The van der Waals surface area contributed by atoms with Gasteiger partial charge >= 0.3 is 14.2 Å². The van der Waals surface area contributed by atoms with Crippen molar-refractivity contribution in [2.24, 2.45) is 5.41 Å². The lowest BCUT2D eigenvalue weighted by Crippen LogP contribution is -2.41. The summed E-state index contributed by atoms with van der Waals surface area (Å²) in [7, 11) is -0.731. The standard InChI is InChI=1S/C36H50B2O5/c1-10-13-30-31-27(22-39-30)24(15-17-29(31)38-42-34(6,7)35(8,9)43-38)23-14-16-28(37-40-32(2,3)33(4,5)41-37)26-21-36(20-25(23)26)18-11-12-19-36/h14-17,30H,10-13,18-22H2,1-9H3. The molecule has 5 aliphatic rings. The lowest BCUT2D eigenvalue weighted by Gasteiger charge is -2.32. The molecule has 2 aromatic rings. The molecule has 7 rings (SSSR count). The average molecular weight is 584 g/mol. The molecule has 43 heavy (non-hydrogen) atoms. The molecule has 0 amide bonds. The molecule has 2 saturated heterocycles. The first-order valence-corrected chi connectivity index (χ1v) is 16.8. The molecule has 1 saturated carbocycles. The van der Waals surface area contributed by atoms with E-state index in [4.69, 9.17) is 23.4 Å². The van der Waals surface area contributed by atoms with E-state index in [0.29, 0.717) is 12.0 Å². The van der Waals surface area contributed by atoms with Crippen LogP contribution in [0.2, 0.25) is 0 Å². The number of hydrogen-bond donors (Lipinski definition) is 0. The summed E-state index contributed by atoms with van der Waals surface area (Å²) in [6.45, 7) is 20.0. The maximum atomic E-state index is 6.62. The fourth-order valence-corrected chi connectivity index (χ4v) is 8.26. The van der Waals surface area contributed by atoms with Crippen LogP contribution >= 0.6 is 0 Å². The van der Waals surface area contributed by atoms with Crippen molar-refractivity contribution in [3.8, 4) is 11.1 Å². The smallest absolute Gasteiger partial charge is 0.399 e. The number of ether oxygens (including phenoxy) is 1. The summed E-state index contributed by atoms with van der Waals surface area (Å²) in [5.41, 5.74) is 9.46.